The molecule has 2 amide bonds. The molecule has 2 aromatic carbocycles. The van der Waals surface area contributed by atoms with Crippen molar-refractivity contribution in [2.45, 2.75) is 20.1 Å². The van der Waals surface area contributed by atoms with Crippen LogP contribution in [-0.4, -0.2) is 34.0 Å². The second kappa shape index (κ2) is 8.62. The van der Waals surface area contributed by atoms with Gasteiger partial charge >= 0.3 is 12.6 Å². The molecule has 10 heteroatoms. The van der Waals surface area contributed by atoms with Gasteiger partial charge in [-0.2, -0.15) is 13.9 Å². The summed E-state index contributed by atoms with van der Waals surface area (Å²) in [6, 6.07) is 15.1. The van der Waals surface area contributed by atoms with Crippen LogP contribution in [-0.2, 0) is 13.6 Å². The highest BCUT2D eigenvalue weighted by molar-refractivity contribution is 6.10. The molecule has 34 heavy (non-hydrogen) atoms. The van der Waals surface area contributed by atoms with E-state index < -0.39 is 6.61 Å². The fraction of sp³-hybridized carbons (Fsp3) is 0.208. The number of anilines is 4. The first-order valence-corrected chi connectivity index (χ1v) is 10.8. The predicted octanol–water partition coefficient (Wildman–Crippen LogP) is 5.28. The Balaban J connectivity index is 1.58. The molecule has 5 rings (SSSR count). The standard InChI is InChI=1S/C24H22F2N6O2/c1-3-27-21-11-4-15-14-31(18-7-10-20-16(12-18)13-30(2)29-20)24(33)32(22(15)28-21)17-5-8-19(9-6-17)34-23(25)26/h4-13,23H,3,14H2,1-2H3,(H,27,28). The molecule has 0 fully saturated rings. The van der Waals surface area contributed by atoms with Gasteiger partial charge in [-0.3, -0.25) is 9.58 Å². The number of carbonyl (C=O) groups is 1. The molecule has 0 spiro atoms. The molecule has 1 aliphatic rings. The van der Waals surface area contributed by atoms with Crippen molar-refractivity contribution in [1.82, 2.24) is 14.8 Å². The van der Waals surface area contributed by atoms with Gasteiger partial charge in [0.2, 0.25) is 0 Å². The van der Waals surface area contributed by atoms with Crippen LogP contribution in [0.2, 0.25) is 0 Å². The number of halogens is 2. The Labute approximate surface area is 194 Å². The molecule has 1 N–H and O–H groups in total. The smallest absolute Gasteiger partial charge is 0.387 e. The van der Waals surface area contributed by atoms with E-state index >= 15 is 0 Å². The quantitative estimate of drug-likeness (QED) is 0.420. The molecule has 0 aliphatic carbocycles. The summed E-state index contributed by atoms with van der Waals surface area (Å²) in [6.07, 6.45) is 1.89. The summed E-state index contributed by atoms with van der Waals surface area (Å²) in [7, 11) is 1.85. The number of carbonyl (C=O) groups excluding carboxylic acids is 1. The van der Waals surface area contributed by atoms with E-state index in [-0.39, 0.29) is 11.8 Å². The van der Waals surface area contributed by atoms with Crippen LogP contribution in [0.15, 0.2) is 60.8 Å². The van der Waals surface area contributed by atoms with Gasteiger partial charge in [0.1, 0.15) is 17.4 Å². The number of hydrogen-bond donors (Lipinski definition) is 1. The van der Waals surface area contributed by atoms with Crippen molar-refractivity contribution < 1.29 is 18.3 Å². The largest absolute Gasteiger partial charge is 0.435 e. The van der Waals surface area contributed by atoms with Crippen LogP contribution < -0.4 is 19.9 Å². The van der Waals surface area contributed by atoms with Crippen LogP contribution in [0.4, 0.5) is 36.6 Å². The van der Waals surface area contributed by atoms with Crippen LogP contribution in [0.1, 0.15) is 12.5 Å². The number of nitrogens with zero attached hydrogens (tertiary/aromatic N) is 5. The van der Waals surface area contributed by atoms with E-state index in [1.807, 2.05) is 50.5 Å². The highest BCUT2D eigenvalue weighted by Crippen LogP contribution is 2.37. The lowest BCUT2D eigenvalue weighted by Gasteiger charge is -2.36. The Morgan fingerprint density at radius 2 is 1.85 bits per heavy atom. The van der Waals surface area contributed by atoms with Gasteiger partial charge in [0, 0.05) is 36.4 Å². The lowest BCUT2D eigenvalue weighted by molar-refractivity contribution is -0.0498. The van der Waals surface area contributed by atoms with Crippen molar-refractivity contribution >= 4 is 39.9 Å². The minimum atomic E-state index is -2.93. The number of pyridine rings is 1. The molecule has 0 saturated carbocycles. The maximum atomic E-state index is 13.8. The zero-order chi connectivity index (χ0) is 23.8. The number of fused-ring (bicyclic) bond motifs is 2. The first-order valence-electron chi connectivity index (χ1n) is 10.8. The van der Waals surface area contributed by atoms with Gasteiger partial charge in [0.05, 0.1) is 17.7 Å². The fourth-order valence-corrected chi connectivity index (χ4v) is 4.04. The molecule has 3 heterocycles. The van der Waals surface area contributed by atoms with Crippen molar-refractivity contribution in [1.29, 1.82) is 0 Å². The molecular weight excluding hydrogens is 442 g/mol. The number of urea groups is 1. The number of hydrogen-bond acceptors (Lipinski definition) is 5. The van der Waals surface area contributed by atoms with Crippen LogP contribution >= 0.6 is 0 Å². The number of rotatable bonds is 6. The summed E-state index contributed by atoms with van der Waals surface area (Å²) in [5, 5.41) is 8.47. The van der Waals surface area contributed by atoms with Gasteiger partial charge in [-0.1, -0.05) is 0 Å². The Kier molecular flexibility index (Phi) is 5.48. The Morgan fingerprint density at radius 3 is 2.59 bits per heavy atom. The third-order valence-electron chi connectivity index (χ3n) is 5.51. The summed E-state index contributed by atoms with van der Waals surface area (Å²) in [5.41, 5.74) is 2.88. The second-order valence-electron chi connectivity index (χ2n) is 7.83. The summed E-state index contributed by atoms with van der Waals surface area (Å²) in [6.45, 7) is 0.0478. The van der Waals surface area contributed by atoms with E-state index in [1.54, 1.807) is 21.7 Å². The highest BCUT2D eigenvalue weighted by atomic mass is 19.3. The summed E-state index contributed by atoms with van der Waals surface area (Å²) in [4.78, 5) is 21.6. The number of aryl methyl sites for hydroxylation is 1. The lowest BCUT2D eigenvalue weighted by atomic mass is 10.1. The molecule has 1 aliphatic heterocycles. The Hall–Kier alpha value is -4.21. The van der Waals surface area contributed by atoms with Crippen molar-refractivity contribution in [2.24, 2.45) is 7.05 Å². The van der Waals surface area contributed by atoms with Gasteiger partial charge < -0.3 is 10.1 Å². The van der Waals surface area contributed by atoms with Crippen LogP contribution in [0.5, 0.6) is 5.75 Å². The van der Waals surface area contributed by atoms with Crippen molar-refractivity contribution in [2.75, 3.05) is 21.7 Å². The molecular formula is C24H22F2N6O2. The van der Waals surface area contributed by atoms with Crippen LogP contribution in [0, 0.1) is 0 Å². The zero-order valence-electron chi connectivity index (χ0n) is 18.6. The van der Waals surface area contributed by atoms with Gasteiger partial charge in [0.25, 0.3) is 0 Å². The van der Waals surface area contributed by atoms with E-state index in [4.69, 9.17) is 0 Å². The third kappa shape index (κ3) is 3.98. The van der Waals surface area contributed by atoms with E-state index in [2.05, 4.69) is 20.1 Å². The van der Waals surface area contributed by atoms with Gasteiger partial charge in [-0.05, 0) is 61.5 Å². The zero-order valence-corrected chi connectivity index (χ0v) is 18.6. The number of alkyl halides is 2. The minimum Gasteiger partial charge on any atom is -0.435 e. The van der Waals surface area contributed by atoms with Crippen molar-refractivity contribution in [3.05, 3.63) is 66.4 Å². The van der Waals surface area contributed by atoms with E-state index in [9.17, 15) is 13.6 Å². The number of benzene rings is 2. The maximum absolute atomic E-state index is 13.8. The van der Waals surface area contributed by atoms with Crippen molar-refractivity contribution in [3.63, 3.8) is 0 Å². The molecule has 174 valence electrons. The molecule has 0 saturated heterocycles. The van der Waals surface area contributed by atoms with Crippen LogP contribution in [0.25, 0.3) is 10.9 Å². The fourth-order valence-electron chi connectivity index (χ4n) is 4.04. The number of nitrogens with one attached hydrogen (secondary N) is 1. The molecule has 0 unspecified atom stereocenters. The van der Waals surface area contributed by atoms with Crippen molar-refractivity contribution in [3.8, 4) is 5.75 Å². The van der Waals surface area contributed by atoms with Gasteiger partial charge in [-0.15, -0.1) is 0 Å². The maximum Gasteiger partial charge on any atom is 0.387 e. The van der Waals surface area contributed by atoms with Gasteiger partial charge in [0.15, 0.2) is 0 Å². The number of ether oxygens (including phenoxy) is 1. The highest BCUT2D eigenvalue weighted by Gasteiger charge is 2.34. The molecule has 0 atom stereocenters. The molecule has 4 aromatic rings. The average Bonchev–Trinajstić information content (AvgIpc) is 3.18. The normalized spacial score (nSPS) is 13.5. The third-order valence-corrected chi connectivity index (χ3v) is 5.51. The first-order chi connectivity index (χ1) is 16.4. The Bertz CT molecular complexity index is 1360. The monoisotopic (exact) mass is 464 g/mol. The SMILES string of the molecule is CCNc1ccc2c(n1)N(c1ccc(OC(F)F)cc1)C(=O)N(c1ccc3nn(C)cc3c1)C2. The molecule has 2 aromatic heterocycles. The Morgan fingerprint density at radius 1 is 1.09 bits per heavy atom. The summed E-state index contributed by atoms with van der Waals surface area (Å²) in [5.74, 6) is 1.14. The summed E-state index contributed by atoms with van der Waals surface area (Å²) < 4.78 is 31.4. The van der Waals surface area contributed by atoms with Gasteiger partial charge in [-0.25, -0.2) is 14.7 Å². The molecule has 8 nitrogen and oxygen atoms in total. The average molecular weight is 464 g/mol. The summed E-state index contributed by atoms with van der Waals surface area (Å²) >= 11 is 0. The minimum absolute atomic E-state index is 0.0108. The molecule has 0 bridgehead atoms. The van der Waals surface area contributed by atoms with E-state index in [1.165, 1.54) is 17.0 Å². The lowest BCUT2D eigenvalue weighted by Crippen LogP contribution is -2.45. The van der Waals surface area contributed by atoms with Crippen LogP contribution in [0.3, 0.4) is 0 Å². The number of aromatic nitrogens is 3. The second-order valence-corrected chi connectivity index (χ2v) is 7.83. The topological polar surface area (TPSA) is 75.5 Å². The first kappa shape index (κ1) is 21.6. The van der Waals surface area contributed by atoms with E-state index in [0.717, 1.165) is 22.2 Å². The molecule has 0 radical (unpaired) electrons. The van der Waals surface area contributed by atoms with E-state index in [0.29, 0.717) is 30.4 Å². The predicted molar refractivity (Wildman–Crippen MR) is 126 cm³/mol. The number of amides is 2.